The van der Waals surface area contributed by atoms with E-state index in [1.807, 2.05) is 0 Å². The van der Waals surface area contributed by atoms with Crippen molar-refractivity contribution in [1.29, 1.82) is 0 Å². The standard InChI is InChI=1S/C17H24N4O5S/c1-14(23)21(12-17(24)20-10-8-19(13-22)9-11-20)7-6-15-2-4-16(5-3-15)27(18,25)26/h2-5,13H,6-12H2,1H3,(H2,18,25,26). The van der Waals surface area contributed by atoms with Gasteiger partial charge in [0.25, 0.3) is 0 Å². The number of sulfonamides is 1. The number of carbonyl (C=O) groups is 3. The van der Waals surface area contributed by atoms with E-state index in [0.717, 1.165) is 12.0 Å². The molecule has 3 amide bonds. The van der Waals surface area contributed by atoms with Crippen molar-refractivity contribution < 1.29 is 22.8 Å². The van der Waals surface area contributed by atoms with Crippen molar-refractivity contribution >= 4 is 28.2 Å². The van der Waals surface area contributed by atoms with Crippen molar-refractivity contribution in [3.05, 3.63) is 29.8 Å². The van der Waals surface area contributed by atoms with E-state index < -0.39 is 10.0 Å². The number of amides is 3. The van der Waals surface area contributed by atoms with Crippen molar-refractivity contribution in [3.63, 3.8) is 0 Å². The van der Waals surface area contributed by atoms with Crippen molar-refractivity contribution in [2.75, 3.05) is 39.3 Å². The lowest BCUT2D eigenvalue weighted by atomic mass is 10.1. The van der Waals surface area contributed by atoms with Gasteiger partial charge in [-0.05, 0) is 24.1 Å². The molecule has 1 aliphatic rings. The van der Waals surface area contributed by atoms with Gasteiger partial charge in [-0.2, -0.15) is 0 Å². The number of nitrogens with zero attached hydrogens (tertiary/aromatic N) is 3. The number of nitrogens with two attached hydrogens (primary N) is 1. The van der Waals surface area contributed by atoms with Crippen molar-refractivity contribution in [3.8, 4) is 0 Å². The largest absolute Gasteiger partial charge is 0.342 e. The van der Waals surface area contributed by atoms with Crippen LogP contribution in [-0.2, 0) is 30.8 Å². The number of primary sulfonamides is 1. The molecule has 0 bridgehead atoms. The molecule has 10 heteroatoms. The minimum atomic E-state index is -3.74. The van der Waals surface area contributed by atoms with Gasteiger partial charge in [0.15, 0.2) is 0 Å². The third kappa shape index (κ3) is 6.04. The summed E-state index contributed by atoms with van der Waals surface area (Å²) >= 11 is 0. The number of hydrogen-bond acceptors (Lipinski definition) is 5. The van der Waals surface area contributed by atoms with Crippen LogP contribution in [0.1, 0.15) is 12.5 Å². The molecular formula is C17H24N4O5S. The summed E-state index contributed by atoms with van der Waals surface area (Å²) in [5.41, 5.74) is 0.834. The van der Waals surface area contributed by atoms with Gasteiger partial charge in [-0.15, -0.1) is 0 Å². The Morgan fingerprint density at radius 2 is 1.74 bits per heavy atom. The van der Waals surface area contributed by atoms with Gasteiger partial charge in [-0.1, -0.05) is 12.1 Å². The summed E-state index contributed by atoms with van der Waals surface area (Å²) in [6.07, 6.45) is 1.25. The molecule has 1 saturated heterocycles. The van der Waals surface area contributed by atoms with E-state index in [2.05, 4.69) is 0 Å². The average Bonchev–Trinajstić information content (AvgIpc) is 2.64. The maximum atomic E-state index is 12.4. The molecule has 0 saturated carbocycles. The van der Waals surface area contributed by atoms with E-state index in [-0.39, 0.29) is 23.3 Å². The topological polar surface area (TPSA) is 121 Å². The third-order valence-corrected chi connectivity index (χ3v) is 5.44. The second kappa shape index (κ2) is 8.96. The minimum Gasteiger partial charge on any atom is -0.342 e. The second-order valence-electron chi connectivity index (χ2n) is 6.40. The fraction of sp³-hybridized carbons (Fsp3) is 0.471. The molecular weight excluding hydrogens is 372 g/mol. The first-order valence-electron chi connectivity index (χ1n) is 8.55. The van der Waals surface area contributed by atoms with Crippen molar-refractivity contribution in [1.82, 2.24) is 14.7 Å². The number of carbonyl (C=O) groups excluding carboxylic acids is 3. The van der Waals surface area contributed by atoms with Gasteiger partial charge in [0.2, 0.25) is 28.2 Å². The molecule has 0 unspecified atom stereocenters. The monoisotopic (exact) mass is 396 g/mol. The van der Waals surface area contributed by atoms with E-state index in [1.165, 1.54) is 24.0 Å². The summed E-state index contributed by atoms with van der Waals surface area (Å²) in [5.74, 6) is -0.364. The van der Waals surface area contributed by atoms with Gasteiger partial charge in [0, 0.05) is 39.6 Å². The molecule has 9 nitrogen and oxygen atoms in total. The summed E-state index contributed by atoms with van der Waals surface area (Å²) in [6, 6.07) is 6.11. The normalized spacial score (nSPS) is 14.7. The van der Waals surface area contributed by atoms with E-state index in [1.54, 1.807) is 21.9 Å². The van der Waals surface area contributed by atoms with E-state index in [0.29, 0.717) is 39.1 Å². The second-order valence-corrected chi connectivity index (χ2v) is 7.96. The Kier molecular flexibility index (Phi) is 6.92. The predicted octanol–water partition coefficient (Wildman–Crippen LogP) is -0.974. The van der Waals surface area contributed by atoms with Crippen LogP contribution in [0, 0.1) is 0 Å². The zero-order valence-electron chi connectivity index (χ0n) is 15.2. The van der Waals surface area contributed by atoms with Crippen LogP contribution < -0.4 is 5.14 Å². The van der Waals surface area contributed by atoms with E-state index in [4.69, 9.17) is 5.14 Å². The molecule has 1 aliphatic heterocycles. The predicted molar refractivity (Wildman–Crippen MR) is 98.0 cm³/mol. The van der Waals surface area contributed by atoms with Crippen LogP contribution in [0.4, 0.5) is 0 Å². The van der Waals surface area contributed by atoms with Crippen LogP contribution in [0.5, 0.6) is 0 Å². The van der Waals surface area contributed by atoms with E-state index >= 15 is 0 Å². The molecule has 27 heavy (non-hydrogen) atoms. The molecule has 0 spiro atoms. The smallest absolute Gasteiger partial charge is 0.242 e. The Morgan fingerprint density at radius 3 is 2.22 bits per heavy atom. The number of benzene rings is 1. The van der Waals surface area contributed by atoms with Crippen LogP contribution >= 0.6 is 0 Å². The Bertz CT molecular complexity index is 786. The van der Waals surface area contributed by atoms with Crippen LogP contribution in [0.25, 0.3) is 0 Å². The van der Waals surface area contributed by atoms with Gasteiger partial charge in [-0.25, -0.2) is 13.6 Å². The SMILES string of the molecule is CC(=O)N(CCc1ccc(S(N)(=O)=O)cc1)CC(=O)N1CCN(C=O)CC1. The average molecular weight is 396 g/mol. The molecule has 2 N–H and O–H groups in total. The fourth-order valence-electron chi connectivity index (χ4n) is 2.80. The summed E-state index contributed by atoms with van der Waals surface area (Å²) in [7, 11) is -3.74. The maximum absolute atomic E-state index is 12.4. The van der Waals surface area contributed by atoms with Gasteiger partial charge in [-0.3, -0.25) is 14.4 Å². The molecule has 1 heterocycles. The summed E-state index contributed by atoms with van der Waals surface area (Å²) in [5, 5.41) is 5.07. The Balaban J connectivity index is 1.91. The van der Waals surface area contributed by atoms with Crippen LogP contribution in [-0.4, -0.2) is 80.6 Å². The number of rotatable bonds is 7. The number of hydrogen-bond donors (Lipinski definition) is 1. The van der Waals surface area contributed by atoms with Gasteiger partial charge in [0.05, 0.1) is 11.4 Å². The highest BCUT2D eigenvalue weighted by molar-refractivity contribution is 7.89. The fourth-order valence-corrected chi connectivity index (χ4v) is 3.31. The quantitative estimate of drug-likeness (QED) is 0.594. The van der Waals surface area contributed by atoms with Gasteiger partial charge in [0.1, 0.15) is 0 Å². The highest BCUT2D eigenvalue weighted by Gasteiger charge is 2.23. The lowest BCUT2D eigenvalue weighted by Crippen LogP contribution is -2.51. The van der Waals surface area contributed by atoms with Gasteiger partial charge >= 0.3 is 0 Å². The zero-order chi connectivity index (χ0) is 20.0. The first kappa shape index (κ1) is 20.8. The minimum absolute atomic E-state index is 0.0221. The maximum Gasteiger partial charge on any atom is 0.242 e. The molecule has 0 atom stereocenters. The van der Waals surface area contributed by atoms with E-state index in [9.17, 15) is 22.8 Å². The molecule has 1 fully saturated rings. The molecule has 0 aromatic heterocycles. The molecule has 2 rings (SSSR count). The van der Waals surface area contributed by atoms with Crippen LogP contribution in [0.15, 0.2) is 29.2 Å². The van der Waals surface area contributed by atoms with Crippen LogP contribution in [0.2, 0.25) is 0 Å². The molecule has 0 aliphatic carbocycles. The zero-order valence-corrected chi connectivity index (χ0v) is 16.0. The first-order chi connectivity index (χ1) is 12.7. The summed E-state index contributed by atoms with van der Waals surface area (Å²) in [4.78, 5) is 39.8. The highest BCUT2D eigenvalue weighted by Crippen LogP contribution is 2.10. The van der Waals surface area contributed by atoms with Crippen LogP contribution in [0.3, 0.4) is 0 Å². The Morgan fingerprint density at radius 1 is 1.15 bits per heavy atom. The molecule has 0 radical (unpaired) electrons. The summed E-state index contributed by atoms with van der Waals surface area (Å²) < 4.78 is 22.5. The highest BCUT2D eigenvalue weighted by atomic mass is 32.2. The third-order valence-electron chi connectivity index (χ3n) is 4.51. The first-order valence-corrected chi connectivity index (χ1v) is 10.1. The van der Waals surface area contributed by atoms with Crippen molar-refractivity contribution in [2.24, 2.45) is 5.14 Å². The molecule has 1 aromatic carbocycles. The van der Waals surface area contributed by atoms with Crippen molar-refractivity contribution in [2.45, 2.75) is 18.2 Å². The lowest BCUT2D eigenvalue weighted by molar-refractivity contribution is -0.141. The Labute approximate surface area is 158 Å². The summed E-state index contributed by atoms with van der Waals surface area (Å²) in [6.45, 7) is 3.62. The lowest BCUT2D eigenvalue weighted by Gasteiger charge is -2.34. The molecule has 148 valence electrons. The molecule has 1 aromatic rings. The number of piperazine rings is 1. The Hall–Kier alpha value is -2.46. The van der Waals surface area contributed by atoms with Gasteiger partial charge < -0.3 is 14.7 Å².